The molecule has 5 nitrogen and oxygen atoms in total. The topological polar surface area (TPSA) is 82.9 Å². The first-order valence-corrected chi connectivity index (χ1v) is 7.76. The van der Waals surface area contributed by atoms with Crippen LogP contribution in [0.15, 0.2) is 29.6 Å². The van der Waals surface area contributed by atoms with E-state index in [0.717, 1.165) is 11.3 Å². The fourth-order valence-electron chi connectivity index (χ4n) is 1.90. The molecule has 2 aromatic rings. The molecule has 118 valence electrons. The summed E-state index contributed by atoms with van der Waals surface area (Å²) in [6, 6.07) is 7.58. The van der Waals surface area contributed by atoms with Crippen molar-refractivity contribution in [1.82, 2.24) is 10.3 Å². The zero-order valence-electron chi connectivity index (χ0n) is 12.5. The third-order valence-corrected chi connectivity index (χ3v) is 3.82. The van der Waals surface area contributed by atoms with Crippen molar-refractivity contribution in [3.8, 4) is 16.6 Å². The summed E-state index contributed by atoms with van der Waals surface area (Å²) in [6.45, 7) is 3.46. The summed E-state index contributed by atoms with van der Waals surface area (Å²) in [6.07, 6.45) is 0. The molecular formula is C16H14FN3O2S. The van der Waals surface area contributed by atoms with E-state index in [2.05, 4.69) is 10.3 Å². The predicted molar refractivity (Wildman–Crippen MR) is 84.2 cm³/mol. The van der Waals surface area contributed by atoms with Crippen LogP contribution in [0.4, 0.5) is 4.39 Å². The number of nitrogens with one attached hydrogen (secondary N) is 1. The molecule has 0 spiro atoms. The van der Waals surface area contributed by atoms with Gasteiger partial charge in [0.05, 0.1) is 6.07 Å². The maximum absolute atomic E-state index is 13.7. The van der Waals surface area contributed by atoms with E-state index in [1.807, 2.05) is 0 Å². The number of nitriles is 1. The minimum atomic E-state index is -1.46. The van der Waals surface area contributed by atoms with Gasteiger partial charge >= 0.3 is 0 Å². The lowest BCUT2D eigenvalue weighted by Gasteiger charge is -2.10. The Morgan fingerprint density at radius 2 is 2.04 bits per heavy atom. The van der Waals surface area contributed by atoms with Gasteiger partial charge in [-0.25, -0.2) is 9.37 Å². The van der Waals surface area contributed by atoms with E-state index < -0.39 is 23.4 Å². The van der Waals surface area contributed by atoms with Gasteiger partial charge in [-0.2, -0.15) is 5.26 Å². The zero-order valence-corrected chi connectivity index (χ0v) is 13.4. The Morgan fingerprint density at radius 1 is 1.35 bits per heavy atom. The third-order valence-electron chi connectivity index (χ3n) is 2.95. The van der Waals surface area contributed by atoms with Crippen molar-refractivity contribution >= 4 is 23.0 Å². The highest BCUT2D eigenvalue weighted by Gasteiger charge is 2.29. The molecule has 1 N–H and O–H groups in total. The Bertz CT molecular complexity index is 780. The Balaban J connectivity index is 2.26. The summed E-state index contributed by atoms with van der Waals surface area (Å²) in [4.78, 5) is 28.3. The zero-order chi connectivity index (χ0) is 17.0. The van der Waals surface area contributed by atoms with Crippen LogP contribution in [-0.4, -0.2) is 22.7 Å². The summed E-state index contributed by atoms with van der Waals surface area (Å²) in [7, 11) is 0. The highest BCUT2D eigenvalue weighted by atomic mass is 32.1. The van der Waals surface area contributed by atoms with E-state index in [0.29, 0.717) is 5.01 Å². The van der Waals surface area contributed by atoms with Gasteiger partial charge in [-0.05, 0) is 26.0 Å². The van der Waals surface area contributed by atoms with Crippen molar-refractivity contribution in [2.75, 3.05) is 0 Å². The van der Waals surface area contributed by atoms with Crippen molar-refractivity contribution in [3.63, 3.8) is 0 Å². The fraction of sp³-hybridized carbons (Fsp3) is 0.250. The van der Waals surface area contributed by atoms with E-state index in [-0.39, 0.29) is 17.3 Å². The third kappa shape index (κ3) is 3.79. The lowest BCUT2D eigenvalue weighted by Crippen LogP contribution is -2.38. The van der Waals surface area contributed by atoms with Crippen LogP contribution in [0.2, 0.25) is 0 Å². The number of hydrogen-bond acceptors (Lipinski definition) is 5. The molecule has 0 aliphatic carbocycles. The van der Waals surface area contributed by atoms with Gasteiger partial charge < -0.3 is 5.32 Å². The maximum Gasteiger partial charge on any atom is 0.245 e. The smallest absolute Gasteiger partial charge is 0.245 e. The van der Waals surface area contributed by atoms with Crippen molar-refractivity contribution < 1.29 is 14.0 Å². The molecule has 1 aromatic carbocycles. The Kier molecular flexibility index (Phi) is 5.19. The van der Waals surface area contributed by atoms with Crippen LogP contribution in [0.1, 0.15) is 24.3 Å². The van der Waals surface area contributed by atoms with E-state index in [1.165, 1.54) is 11.4 Å². The van der Waals surface area contributed by atoms with Gasteiger partial charge in [0.25, 0.3) is 0 Å². The molecule has 1 heterocycles. The van der Waals surface area contributed by atoms with E-state index in [9.17, 15) is 14.0 Å². The highest BCUT2D eigenvalue weighted by molar-refractivity contribution is 7.13. The largest absolute Gasteiger partial charge is 0.352 e. The molecule has 0 radical (unpaired) electrons. The lowest BCUT2D eigenvalue weighted by molar-refractivity contribution is -0.122. The number of halogens is 1. The first-order valence-electron chi connectivity index (χ1n) is 6.88. The fourth-order valence-corrected chi connectivity index (χ4v) is 2.73. The van der Waals surface area contributed by atoms with Gasteiger partial charge in [-0.1, -0.05) is 12.1 Å². The number of Topliss-reactive ketones (excluding diaryl/α,β-unsaturated/α-hetero) is 1. The molecular weight excluding hydrogens is 317 g/mol. The number of amides is 1. The standard InChI is InChI=1S/C16H14FN3O2S/c1-9(2)19-15(22)11(7-18)14(21)13-8-23-16(20-13)10-5-3-4-6-12(10)17/h3-6,8-9,11H,1-2H3,(H,19,22)/t11-/m1/s1. The van der Waals surface area contributed by atoms with Gasteiger partial charge in [0.15, 0.2) is 5.92 Å². The Morgan fingerprint density at radius 3 is 2.65 bits per heavy atom. The molecule has 1 amide bonds. The maximum atomic E-state index is 13.7. The van der Waals surface area contributed by atoms with Crippen LogP contribution in [0.25, 0.3) is 10.6 Å². The molecule has 0 fully saturated rings. The number of benzene rings is 1. The second kappa shape index (κ2) is 7.11. The summed E-state index contributed by atoms with van der Waals surface area (Å²) >= 11 is 1.09. The minimum absolute atomic E-state index is 0.0151. The van der Waals surface area contributed by atoms with Crippen LogP contribution in [0.5, 0.6) is 0 Å². The van der Waals surface area contributed by atoms with E-state index in [1.54, 1.807) is 38.1 Å². The number of carbonyl (C=O) groups is 2. The number of aromatic nitrogens is 1. The van der Waals surface area contributed by atoms with Crippen molar-refractivity contribution in [2.45, 2.75) is 19.9 Å². The molecule has 1 atom stereocenters. The van der Waals surface area contributed by atoms with Gasteiger partial charge in [0.2, 0.25) is 11.7 Å². The molecule has 1 aromatic heterocycles. The molecule has 7 heteroatoms. The van der Waals surface area contributed by atoms with E-state index >= 15 is 0 Å². The molecule has 0 saturated heterocycles. The van der Waals surface area contributed by atoms with Crippen LogP contribution >= 0.6 is 11.3 Å². The summed E-state index contributed by atoms with van der Waals surface area (Å²) in [5.41, 5.74) is 0.260. The first kappa shape index (κ1) is 16.8. The quantitative estimate of drug-likeness (QED) is 0.674. The summed E-state index contributed by atoms with van der Waals surface area (Å²) in [5.74, 6) is -3.26. The van der Waals surface area contributed by atoms with Gasteiger partial charge in [0, 0.05) is 17.0 Å². The molecule has 0 saturated carbocycles. The van der Waals surface area contributed by atoms with Gasteiger partial charge in [-0.3, -0.25) is 9.59 Å². The Labute approximate surface area is 136 Å². The number of hydrogen-bond donors (Lipinski definition) is 1. The molecule has 0 unspecified atom stereocenters. The van der Waals surface area contributed by atoms with Crippen molar-refractivity contribution in [2.24, 2.45) is 5.92 Å². The van der Waals surface area contributed by atoms with Gasteiger partial charge in [0.1, 0.15) is 16.5 Å². The molecule has 2 rings (SSSR count). The average molecular weight is 331 g/mol. The van der Waals surface area contributed by atoms with Crippen LogP contribution in [-0.2, 0) is 4.79 Å². The number of carbonyl (C=O) groups excluding carboxylic acids is 2. The van der Waals surface area contributed by atoms with Crippen molar-refractivity contribution in [3.05, 3.63) is 41.2 Å². The number of nitrogens with zero attached hydrogens (tertiary/aromatic N) is 2. The average Bonchev–Trinajstić information content (AvgIpc) is 2.97. The highest BCUT2D eigenvalue weighted by Crippen LogP contribution is 2.27. The molecule has 23 heavy (non-hydrogen) atoms. The number of rotatable bonds is 5. The number of ketones is 1. The normalized spacial score (nSPS) is 11.8. The Hall–Kier alpha value is -2.59. The molecule has 0 bridgehead atoms. The first-order chi connectivity index (χ1) is 10.9. The second-order valence-corrected chi connectivity index (χ2v) is 5.97. The SMILES string of the molecule is CC(C)NC(=O)[C@H](C#N)C(=O)c1csc(-c2ccccc2F)n1. The van der Waals surface area contributed by atoms with Gasteiger partial charge in [-0.15, -0.1) is 11.3 Å². The van der Waals surface area contributed by atoms with Crippen molar-refractivity contribution in [1.29, 1.82) is 5.26 Å². The van der Waals surface area contributed by atoms with Crippen LogP contribution in [0.3, 0.4) is 0 Å². The summed E-state index contributed by atoms with van der Waals surface area (Å²) in [5, 5.41) is 13.4. The molecule has 0 aliphatic heterocycles. The van der Waals surface area contributed by atoms with Crippen LogP contribution in [0, 0.1) is 23.1 Å². The van der Waals surface area contributed by atoms with Crippen LogP contribution < -0.4 is 5.32 Å². The second-order valence-electron chi connectivity index (χ2n) is 5.11. The monoisotopic (exact) mass is 331 g/mol. The summed E-state index contributed by atoms with van der Waals surface area (Å²) < 4.78 is 13.7. The predicted octanol–water partition coefficient (Wildman–Crippen LogP) is 2.80. The minimum Gasteiger partial charge on any atom is -0.352 e. The van der Waals surface area contributed by atoms with E-state index in [4.69, 9.17) is 5.26 Å². The number of thiazole rings is 1. The molecule has 0 aliphatic rings. The lowest BCUT2D eigenvalue weighted by atomic mass is 10.0.